The number of primary sulfonamides is 1. The molecular weight excluding hydrogens is 358 g/mol. The maximum absolute atomic E-state index is 12.1. The number of nitrogens with two attached hydrogens (primary N) is 1. The summed E-state index contributed by atoms with van der Waals surface area (Å²) in [6, 6.07) is 10.6. The number of thiophene rings is 1. The Morgan fingerprint density at radius 2 is 1.96 bits per heavy atom. The Labute approximate surface area is 152 Å². The molecule has 3 N–H and O–H groups in total. The molecule has 0 aliphatic carbocycles. The van der Waals surface area contributed by atoms with E-state index in [9.17, 15) is 13.2 Å². The molecule has 0 bridgehead atoms. The van der Waals surface area contributed by atoms with E-state index >= 15 is 0 Å². The van der Waals surface area contributed by atoms with Crippen molar-refractivity contribution in [3.63, 3.8) is 0 Å². The van der Waals surface area contributed by atoms with E-state index in [1.54, 1.807) is 23.5 Å². The van der Waals surface area contributed by atoms with Crippen LogP contribution in [-0.2, 0) is 21.2 Å². The third-order valence-electron chi connectivity index (χ3n) is 4.00. The number of hydrogen-bond donors (Lipinski definition) is 2. The smallest absolute Gasteiger partial charge is 0.238 e. The Morgan fingerprint density at radius 1 is 1.28 bits per heavy atom. The molecule has 1 aromatic carbocycles. The van der Waals surface area contributed by atoms with Crippen LogP contribution < -0.4 is 10.5 Å². The van der Waals surface area contributed by atoms with Gasteiger partial charge in [-0.3, -0.25) is 9.69 Å². The number of carbonyl (C=O) groups is 1. The van der Waals surface area contributed by atoms with Crippen LogP contribution in [0.5, 0.6) is 0 Å². The fourth-order valence-corrected chi connectivity index (χ4v) is 3.72. The first kappa shape index (κ1) is 19.6. The predicted molar refractivity (Wildman–Crippen MR) is 99.9 cm³/mol. The van der Waals surface area contributed by atoms with Crippen molar-refractivity contribution in [3.8, 4) is 0 Å². The molecule has 8 heteroatoms. The lowest BCUT2D eigenvalue weighted by molar-refractivity contribution is -0.122. The highest BCUT2D eigenvalue weighted by Gasteiger charge is 2.15. The average molecular weight is 382 g/mol. The van der Waals surface area contributed by atoms with Crippen LogP contribution in [0, 0.1) is 0 Å². The fourth-order valence-electron chi connectivity index (χ4n) is 2.36. The van der Waals surface area contributed by atoms with E-state index in [1.165, 1.54) is 17.0 Å². The maximum Gasteiger partial charge on any atom is 0.238 e. The highest BCUT2D eigenvalue weighted by atomic mass is 32.2. The third kappa shape index (κ3) is 5.93. The van der Waals surface area contributed by atoms with Gasteiger partial charge >= 0.3 is 0 Å². The number of carbonyl (C=O) groups excluding carboxylic acids is 1. The number of nitrogens with one attached hydrogen (secondary N) is 1. The zero-order valence-electron chi connectivity index (χ0n) is 14.3. The van der Waals surface area contributed by atoms with Gasteiger partial charge in [-0.1, -0.05) is 18.2 Å². The van der Waals surface area contributed by atoms with E-state index in [2.05, 4.69) is 18.3 Å². The molecule has 2 aromatic rings. The average Bonchev–Trinajstić information content (AvgIpc) is 3.08. The van der Waals surface area contributed by atoms with Crippen molar-refractivity contribution in [3.05, 3.63) is 52.2 Å². The van der Waals surface area contributed by atoms with Crippen molar-refractivity contribution in [2.45, 2.75) is 24.3 Å². The number of amides is 1. The van der Waals surface area contributed by atoms with Gasteiger partial charge in [-0.05, 0) is 49.5 Å². The molecule has 0 radical (unpaired) electrons. The first-order chi connectivity index (χ1) is 11.8. The van der Waals surface area contributed by atoms with Gasteiger partial charge in [-0.2, -0.15) is 0 Å². The zero-order chi connectivity index (χ0) is 18.4. The number of rotatable bonds is 8. The molecule has 1 unspecified atom stereocenters. The summed E-state index contributed by atoms with van der Waals surface area (Å²) in [6.45, 7) is 2.89. The molecule has 136 valence electrons. The lowest BCUT2D eigenvalue weighted by Crippen LogP contribution is -2.37. The van der Waals surface area contributed by atoms with Gasteiger partial charge in [0.05, 0.1) is 11.4 Å². The van der Waals surface area contributed by atoms with Crippen LogP contribution in [0.3, 0.4) is 0 Å². The summed E-state index contributed by atoms with van der Waals surface area (Å²) >= 11 is 1.68. The standard InChI is InChI=1S/C17H23N3O3S2/c1-13(16-4-3-11-24-16)20(2)12-17(21)19-10-9-14-5-7-15(8-6-14)25(18,22)23/h3-8,11,13H,9-10,12H2,1-2H3,(H,19,21)(H2,18,22,23). The molecule has 0 saturated carbocycles. The topological polar surface area (TPSA) is 92.5 Å². The Bertz CT molecular complexity index is 787. The van der Waals surface area contributed by atoms with Crippen LogP contribution in [0.2, 0.25) is 0 Å². The third-order valence-corrected chi connectivity index (χ3v) is 5.97. The van der Waals surface area contributed by atoms with Crippen LogP contribution in [0.15, 0.2) is 46.7 Å². The zero-order valence-corrected chi connectivity index (χ0v) is 15.9. The van der Waals surface area contributed by atoms with Gasteiger partial charge in [0.2, 0.25) is 15.9 Å². The van der Waals surface area contributed by atoms with Gasteiger partial charge in [0.25, 0.3) is 0 Å². The van der Waals surface area contributed by atoms with Crippen LogP contribution in [0.25, 0.3) is 0 Å². The van der Waals surface area contributed by atoms with Gasteiger partial charge in [0.15, 0.2) is 0 Å². The van der Waals surface area contributed by atoms with Crippen molar-refractivity contribution in [2.24, 2.45) is 5.14 Å². The predicted octanol–water partition coefficient (Wildman–Crippen LogP) is 1.75. The van der Waals surface area contributed by atoms with E-state index in [4.69, 9.17) is 5.14 Å². The van der Waals surface area contributed by atoms with Crippen molar-refractivity contribution in [1.82, 2.24) is 10.2 Å². The van der Waals surface area contributed by atoms with Gasteiger partial charge in [-0.15, -0.1) is 11.3 Å². The molecular formula is C17H23N3O3S2. The first-order valence-electron chi connectivity index (χ1n) is 7.89. The summed E-state index contributed by atoms with van der Waals surface area (Å²) in [5.74, 6) is -0.0351. The molecule has 6 nitrogen and oxygen atoms in total. The molecule has 0 fully saturated rings. The largest absolute Gasteiger partial charge is 0.355 e. The molecule has 25 heavy (non-hydrogen) atoms. The summed E-state index contributed by atoms with van der Waals surface area (Å²) in [5, 5.41) is 9.98. The molecule has 0 aliphatic heterocycles. The number of sulfonamides is 1. The van der Waals surface area contributed by atoms with Crippen LogP contribution in [-0.4, -0.2) is 39.4 Å². The summed E-state index contributed by atoms with van der Waals surface area (Å²) in [4.78, 5) is 15.4. The molecule has 0 saturated heterocycles. The number of likely N-dealkylation sites (N-methyl/N-ethyl adjacent to an activating group) is 1. The Morgan fingerprint density at radius 3 is 2.52 bits per heavy atom. The minimum atomic E-state index is -3.67. The van der Waals surface area contributed by atoms with Crippen LogP contribution >= 0.6 is 11.3 Å². The highest BCUT2D eigenvalue weighted by molar-refractivity contribution is 7.89. The van der Waals surface area contributed by atoms with Gasteiger partial charge in [-0.25, -0.2) is 13.6 Å². The van der Waals surface area contributed by atoms with Gasteiger partial charge in [0.1, 0.15) is 0 Å². The second kappa shape index (κ2) is 8.57. The molecule has 1 amide bonds. The van der Waals surface area contributed by atoms with Crippen LogP contribution in [0.1, 0.15) is 23.4 Å². The lowest BCUT2D eigenvalue weighted by atomic mass is 10.1. The number of benzene rings is 1. The summed E-state index contributed by atoms with van der Waals surface area (Å²) < 4.78 is 22.4. The van der Waals surface area contributed by atoms with Gasteiger partial charge < -0.3 is 5.32 Å². The normalized spacial score (nSPS) is 13.0. The highest BCUT2D eigenvalue weighted by Crippen LogP contribution is 2.22. The second-order valence-corrected chi connectivity index (χ2v) is 8.44. The molecule has 1 aromatic heterocycles. The Kier molecular flexibility index (Phi) is 6.71. The molecule has 0 spiro atoms. The molecule has 1 heterocycles. The van der Waals surface area contributed by atoms with Crippen molar-refractivity contribution < 1.29 is 13.2 Å². The Hall–Kier alpha value is -1.74. The lowest BCUT2D eigenvalue weighted by Gasteiger charge is -2.23. The fraction of sp³-hybridized carbons (Fsp3) is 0.353. The van der Waals surface area contributed by atoms with E-state index in [0.717, 1.165) is 5.56 Å². The summed E-state index contributed by atoms with van der Waals surface area (Å²) in [7, 11) is -1.74. The van der Waals surface area contributed by atoms with E-state index in [-0.39, 0.29) is 16.8 Å². The molecule has 1 atom stereocenters. The number of nitrogens with zero attached hydrogens (tertiary/aromatic N) is 1. The van der Waals surface area contributed by atoms with E-state index in [1.807, 2.05) is 23.4 Å². The maximum atomic E-state index is 12.1. The van der Waals surface area contributed by atoms with E-state index in [0.29, 0.717) is 19.5 Å². The van der Waals surface area contributed by atoms with Crippen molar-refractivity contribution in [2.75, 3.05) is 20.1 Å². The van der Waals surface area contributed by atoms with E-state index < -0.39 is 10.0 Å². The summed E-state index contributed by atoms with van der Waals surface area (Å²) in [5.41, 5.74) is 0.938. The quantitative estimate of drug-likeness (QED) is 0.729. The molecule has 0 aliphatic rings. The minimum Gasteiger partial charge on any atom is -0.355 e. The minimum absolute atomic E-state index is 0.0351. The summed E-state index contributed by atoms with van der Waals surface area (Å²) in [6.07, 6.45) is 0.626. The van der Waals surface area contributed by atoms with Crippen molar-refractivity contribution in [1.29, 1.82) is 0 Å². The van der Waals surface area contributed by atoms with Crippen LogP contribution in [0.4, 0.5) is 0 Å². The Balaban J connectivity index is 1.76. The SMILES string of the molecule is CC(c1cccs1)N(C)CC(=O)NCCc1ccc(S(N)(=O)=O)cc1. The monoisotopic (exact) mass is 381 g/mol. The molecule has 2 rings (SSSR count). The first-order valence-corrected chi connectivity index (χ1v) is 10.3. The van der Waals surface area contributed by atoms with Gasteiger partial charge in [0, 0.05) is 17.5 Å². The second-order valence-electron chi connectivity index (χ2n) is 5.90. The van der Waals surface area contributed by atoms with Crippen molar-refractivity contribution >= 4 is 27.3 Å². The number of hydrogen-bond acceptors (Lipinski definition) is 5.